The van der Waals surface area contributed by atoms with Crippen LogP contribution in [0.2, 0.25) is 0 Å². The molecule has 1 unspecified atom stereocenters. The van der Waals surface area contributed by atoms with Gasteiger partial charge in [0.25, 0.3) is 5.91 Å². The average molecular weight is 338 g/mol. The molecule has 2 aromatic rings. The van der Waals surface area contributed by atoms with E-state index in [1.165, 1.54) is 0 Å². The molecule has 0 saturated heterocycles. The minimum atomic E-state index is -0.184. The van der Waals surface area contributed by atoms with Gasteiger partial charge in [-0.05, 0) is 49.6 Å². The molecule has 0 radical (unpaired) electrons. The lowest BCUT2D eigenvalue weighted by molar-refractivity contribution is -0.117. The molecule has 1 fully saturated rings. The SMILES string of the molecule is COc1ccccc1C(=O)NC(C)c1ccc(NC(=O)C2CC2)cc1. The Bertz CT molecular complexity index is 767. The molecule has 0 aliphatic heterocycles. The van der Waals surface area contributed by atoms with Crippen molar-refractivity contribution < 1.29 is 14.3 Å². The number of para-hydroxylation sites is 1. The Hall–Kier alpha value is -2.82. The first kappa shape index (κ1) is 17.0. The zero-order valence-corrected chi connectivity index (χ0v) is 14.4. The van der Waals surface area contributed by atoms with Crippen LogP contribution < -0.4 is 15.4 Å². The maximum absolute atomic E-state index is 12.5. The molecule has 0 heterocycles. The molecule has 1 aliphatic rings. The number of amides is 2. The highest BCUT2D eigenvalue weighted by Gasteiger charge is 2.29. The van der Waals surface area contributed by atoms with Gasteiger partial charge in [-0.2, -0.15) is 0 Å². The van der Waals surface area contributed by atoms with Crippen molar-refractivity contribution in [2.75, 3.05) is 12.4 Å². The first-order chi connectivity index (χ1) is 12.1. The van der Waals surface area contributed by atoms with Crippen molar-refractivity contribution in [1.29, 1.82) is 0 Å². The zero-order chi connectivity index (χ0) is 17.8. The summed E-state index contributed by atoms with van der Waals surface area (Å²) in [6.07, 6.45) is 1.96. The summed E-state index contributed by atoms with van der Waals surface area (Å²) in [5, 5.41) is 5.88. The Kier molecular flexibility index (Phi) is 5.03. The zero-order valence-electron chi connectivity index (χ0n) is 14.4. The minimum absolute atomic E-state index is 0.0882. The second kappa shape index (κ2) is 7.38. The van der Waals surface area contributed by atoms with E-state index in [-0.39, 0.29) is 23.8 Å². The maximum Gasteiger partial charge on any atom is 0.255 e. The van der Waals surface area contributed by atoms with Crippen molar-refractivity contribution >= 4 is 17.5 Å². The van der Waals surface area contributed by atoms with Gasteiger partial charge in [0, 0.05) is 11.6 Å². The minimum Gasteiger partial charge on any atom is -0.496 e. The molecule has 1 saturated carbocycles. The molecule has 5 nitrogen and oxygen atoms in total. The lowest BCUT2D eigenvalue weighted by atomic mass is 10.1. The van der Waals surface area contributed by atoms with E-state index in [0.717, 1.165) is 24.1 Å². The van der Waals surface area contributed by atoms with Gasteiger partial charge in [-0.1, -0.05) is 24.3 Å². The molecule has 2 N–H and O–H groups in total. The Balaban J connectivity index is 1.63. The fourth-order valence-corrected chi connectivity index (χ4v) is 2.63. The van der Waals surface area contributed by atoms with Crippen LogP contribution in [0.5, 0.6) is 5.75 Å². The standard InChI is InChI=1S/C20H22N2O3/c1-13(21-20(24)17-5-3-4-6-18(17)25-2)14-9-11-16(12-10-14)22-19(23)15-7-8-15/h3-6,9-13,15H,7-8H2,1-2H3,(H,21,24)(H,22,23). The lowest BCUT2D eigenvalue weighted by Crippen LogP contribution is -2.27. The van der Waals surface area contributed by atoms with E-state index >= 15 is 0 Å². The molecule has 1 atom stereocenters. The number of anilines is 1. The van der Waals surface area contributed by atoms with Crippen LogP contribution in [0.15, 0.2) is 48.5 Å². The van der Waals surface area contributed by atoms with E-state index in [1.807, 2.05) is 37.3 Å². The average Bonchev–Trinajstić information content (AvgIpc) is 3.47. The van der Waals surface area contributed by atoms with Crippen LogP contribution in [-0.4, -0.2) is 18.9 Å². The van der Waals surface area contributed by atoms with Crippen molar-refractivity contribution in [3.05, 3.63) is 59.7 Å². The van der Waals surface area contributed by atoms with Gasteiger partial charge in [-0.3, -0.25) is 9.59 Å². The van der Waals surface area contributed by atoms with Gasteiger partial charge in [0.15, 0.2) is 0 Å². The van der Waals surface area contributed by atoms with E-state index in [9.17, 15) is 9.59 Å². The van der Waals surface area contributed by atoms with Crippen molar-refractivity contribution in [1.82, 2.24) is 5.32 Å². The number of hydrogen-bond donors (Lipinski definition) is 2. The molecule has 130 valence electrons. The Morgan fingerprint density at radius 2 is 1.76 bits per heavy atom. The van der Waals surface area contributed by atoms with Crippen LogP contribution in [0.3, 0.4) is 0 Å². The summed E-state index contributed by atoms with van der Waals surface area (Å²) in [6.45, 7) is 1.92. The third-order valence-electron chi connectivity index (χ3n) is 4.33. The number of methoxy groups -OCH3 is 1. The van der Waals surface area contributed by atoms with Crippen molar-refractivity contribution in [2.24, 2.45) is 5.92 Å². The molecular formula is C20H22N2O3. The number of carbonyl (C=O) groups excluding carboxylic acids is 2. The largest absolute Gasteiger partial charge is 0.496 e. The second-order valence-electron chi connectivity index (χ2n) is 6.28. The summed E-state index contributed by atoms with van der Waals surface area (Å²) in [4.78, 5) is 24.2. The smallest absolute Gasteiger partial charge is 0.255 e. The molecule has 2 aromatic carbocycles. The highest BCUT2D eigenvalue weighted by molar-refractivity contribution is 5.97. The second-order valence-corrected chi connectivity index (χ2v) is 6.28. The first-order valence-electron chi connectivity index (χ1n) is 8.43. The van der Waals surface area contributed by atoms with Gasteiger partial charge in [0.1, 0.15) is 5.75 Å². The third kappa shape index (κ3) is 4.18. The molecule has 25 heavy (non-hydrogen) atoms. The number of hydrogen-bond acceptors (Lipinski definition) is 3. The summed E-state index contributed by atoms with van der Waals surface area (Å²) in [5.41, 5.74) is 2.25. The van der Waals surface area contributed by atoms with Gasteiger partial charge in [0.2, 0.25) is 5.91 Å². The lowest BCUT2D eigenvalue weighted by Gasteiger charge is -2.16. The van der Waals surface area contributed by atoms with Crippen molar-refractivity contribution in [2.45, 2.75) is 25.8 Å². The number of nitrogens with one attached hydrogen (secondary N) is 2. The third-order valence-corrected chi connectivity index (χ3v) is 4.33. The highest BCUT2D eigenvalue weighted by Crippen LogP contribution is 2.30. The van der Waals surface area contributed by atoms with E-state index in [0.29, 0.717) is 11.3 Å². The van der Waals surface area contributed by atoms with Crippen molar-refractivity contribution in [3.63, 3.8) is 0 Å². The van der Waals surface area contributed by atoms with Gasteiger partial charge in [-0.15, -0.1) is 0 Å². The van der Waals surface area contributed by atoms with Crippen LogP contribution in [0.4, 0.5) is 5.69 Å². The number of benzene rings is 2. The monoisotopic (exact) mass is 338 g/mol. The topological polar surface area (TPSA) is 67.4 Å². The van der Waals surface area contributed by atoms with Crippen LogP contribution in [0, 0.1) is 5.92 Å². The molecule has 1 aliphatic carbocycles. The molecule has 0 spiro atoms. The normalized spacial score (nSPS) is 14.5. The summed E-state index contributed by atoms with van der Waals surface area (Å²) in [6, 6.07) is 14.5. The summed E-state index contributed by atoms with van der Waals surface area (Å²) < 4.78 is 5.23. The fraction of sp³-hybridized carbons (Fsp3) is 0.300. The van der Waals surface area contributed by atoms with E-state index in [1.54, 1.807) is 25.3 Å². The predicted molar refractivity (Wildman–Crippen MR) is 96.7 cm³/mol. The van der Waals surface area contributed by atoms with E-state index < -0.39 is 0 Å². The highest BCUT2D eigenvalue weighted by atomic mass is 16.5. The van der Waals surface area contributed by atoms with Gasteiger partial charge in [-0.25, -0.2) is 0 Å². The first-order valence-corrected chi connectivity index (χ1v) is 8.43. The maximum atomic E-state index is 12.5. The summed E-state index contributed by atoms with van der Waals surface area (Å²) in [7, 11) is 1.55. The molecule has 0 bridgehead atoms. The molecule has 5 heteroatoms. The predicted octanol–water partition coefficient (Wildman–Crippen LogP) is 3.53. The summed E-state index contributed by atoms with van der Waals surface area (Å²) in [5.74, 6) is 0.630. The van der Waals surface area contributed by atoms with Gasteiger partial charge < -0.3 is 15.4 Å². The fourth-order valence-electron chi connectivity index (χ4n) is 2.63. The molecule has 2 amide bonds. The van der Waals surface area contributed by atoms with E-state index in [4.69, 9.17) is 4.74 Å². The van der Waals surface area contributed by atoms with Crippen LogP contribution in [0.25, 0.3) is 0 Å². The molecule has 3 rings (SSSR count). The number of rotatable bonds is 6. The number of carbonyl (C=O) groups is 2. The van der Waals surface area contributed by atoms with E-state index in [2.05, 4.69) is 10.6 Å². The quantitative estimate of drug-likeness (QED) is 0.846. The summed E-state index contributed by atoms with van der Waals surface area (Å²) >= 11 is 0. The van der Waals surface area contributed by atoms with Crippen molar-refractivity contribution in [3.8, 4) is 5.75 Å². The van der Waals surface area contributed by atoms with Gasteiger partial charge >= 0.3 is 0 Å². The van der Waals surface area contributed by atoms with Crippen LogP contribution >= 0.6 is 0 Å². The van der Waals surface area contributed by atoms with Crippen LogP contribution in [0.1, 0.15) is 41.7 Å². The van der Waals surface area contributed by atoms with Crippen LogP contribution in [-0.2, 0) is 4.79 Å². The van der Waals surface area contributed by atoms with Gasteiger partial charge in [0.05, 0.1) is 18.7 Å². The Morgan fingerprint density at radius 3 is 2.40 bits per heavy atom. The Morgan fingerprint density at radius 1 is 1.08 bits per heavy atom. The molecular weight excluding hydrogens is 316 g/mol. The Labute approximate surface area is 147 Å². The molecule has 0 aromatic heterocycles. The number of ether oxygens (including phenoxy) is 1.